The van der Waals surface area contributed by atoms with E-state index in [-0.39, 0.29) is 22.8 Å². The molecule has 2 fully saturated rings. The second-order valence-electron chi connectivity index (χ2n) is 11.9. The van der Waals surface area contributed by atoms with Crippen LogP contribution in [0, 0.1) is 11.8 Å². The second kappa shape index (κ2) is 9.77. The molecule has 1 heterocycles. The summed E-state index contributed by atoms with van der Waals surface area (Å²) in [6.07, 6.45) is 5.42. The fraction of sp³-hybridized carbons (Fsp3) is 0.424. The van der Waals surface area contributed by atoms with Crippen molar-refractivity contribution in [3.8, 4) is 22.6 Å². The molecule has 3 aromatic carbocycles. The van der Waals surface area contributed by atoms with Crippen LogP contribution in [0.4, 0.5) is 0 Å². The van der Waals surface area contributed by atoms with Crippen LogP contribution in [0.25, 0.3) is 11.1 Å². The first-order chi connectivity index (χ1) is 18.3. The highest BCUT2D eigenvalue weighted by Crippen LogP contribution is 2.52. The van der Waals surface area contributed by atoms with E-state index in [0.717, 1.165) is 47.6 Å². The fourth-order valence-electron chi connectivity index (χ4n) is 6.81. The topological polar surface area (TPSA) is 72.8 Å². The van der Waals surface area contributed by atoms with Gasteiger partial charge in [-0.3, -0.25) is 9.69 Å². The molecule has 6 rings (SSSR count). The highest BCUT2D eigenvalue weighted by atomic mass is 16.3. The predicted octanol–water partition coefficient (Wildman–Crippen LogP) is 5.67. The highest BCUT2D eigenvalue weighted by molar-refractivity contribution is 5.97. The Kier molecular flexibility index (Phi) is 6.43. The quantitative estimate of drug-likeness (QED) is 0.383. The van der Waals surface area contributed by atoms with Crippen LogP contribution in [-0.2, 0) is 18.3 Å². The molecule has 3 atom stereocenters. The first-order valence-electron chi connectivity index (χ1n) is 14.1. The Labute approximate surface area is 225 Å². The molecule has 3 N–H and O–H groups in total. The van der Waals surface area contributed by atoms with Crippen molar-refractivity contribution < 1.29 is 15.0 Å². The van der Waals surface area contributed by atoms with Gasteiger partial charge in [-0.2, -0.15) is 0 Å². The lowest BCUT2D eigenvalue weighted by atomic mass is 9.58. The molecule has 198 valence electrons. The molecule has 5 heteroatoms. The van der Waals surface area contributed by atoms with Crippen LogP contribution in [0.1, 0.15) is 60.2 Å². The molecular formula is C33H38N2O3. The van der Waals surface area contributed by atoms with E-state index in [2.05, 4.69) is 54.4 Å². The van der Waals surface area contributed by atoms with Crippen LogP contribution < -0.4 is 5.32 Å². The van der Waals surface area contributed by atoms with Crippen LogP contribution in [0.3, 0.4) is 0 Å². The van der Waals surface area contributed by atoms with Crippen molar-refractivity contribution in [3.63, 3.8) is 0 Å². The van der Waals surface area contributed by atoms with E-state index in [0.29, 0.717) is 30.5 Å². The van der Waals surface area contributed by atoms with Gasteiger partial charge in [-0.1, -0.05) is 56.3 Å². The largest absolute Gasteiger partial charge is 0.508 e. The Morgan fingerprint density at radius 3 is 2.37 bits per heavy atom. The molecule has 3 aliphatic rings. The normalized spacial score (nSPS) is 24.6. The first-order valence-corrected chi connectivity index (χ1v) is 14.1. The number of aromatic hydroxyl groups is 2. The second-order valence-corrected chi connectivity index (χ2v) is 11.9. The number of nitrogens with zero attached hydrogens (tertiary/aromatic N) is 1. The van der Waals surface area contributed by atoms with Crippen LogP contribution in [0.5, 0.6) is 11.5 Å². The number of phenols is 2. The van der Waals surface area contributed by atoms with E-state index in [1.54, 1.807) is 12.1 Å². The molecule has 1 aliphatic heterocycles. The molecule has 3 unspecified atom stereocenters. The third kappa shape index (κ3) is 4.58. The van der Waals surface area contributed by atoms with Gasteiger partial charge in [-0.05, 0) is 90.9 Å². The number of phenolic OH excluding ortho intramolecular Hbond substituents is 2. The van der Waals surface area contributed by atoms with Gasteiger partial charge in [-0.15, -0.1) is 0 Å². The standard InChI is InChI=1S/C33H38N2O3/c1-21-29-19-26-11-14-28(31(37)30(26)33(21,2)16-18-35(29)20-23-3-4-23)32(38)34-17-15-22-5-7-24(8-6-22)25-9-12-27(36)13-10-25/h5-14,21,23,29,36-37H,3-4,15-20H2,1-2H3,(H,34,38). The first kappa shape index (κ1) is 25.0. The van der Waals surface area contributed by atoms with Gasteiger partial charge in [0.15, 0.2) is 0 Å². The van der Waals surface area contributed by atoms with Crippen LogP contribution in [-0.4, -0.2) is 46.7 Å². The van der Waals surface area contributed by atoms with E-state index in [1.165, 1.54) is 24.9 Å². The maximum atomic E-state index is 13.1. The maximum absolute atomic E-state index is 13.1. The molecule has 0 spiro atoms. The number of nitrogens with one attached hydrogen (secondary N) is 1. The molecule has 1 saturated heterocycles. The summed E-state index contributed by atoms with van der Waals surface area (Å²) < 4.78 is 0. The smallest absolute Gasteiger partial charge is 0.255 e. The van der Waals surface area contributed by atoms with Gasteiger partial charge in [0.25, 0.3) is 5.91 Å². The number of hydrogen-bond acceptors (Lipinski definition) is 4. The van der Waals surface area contributed by atoms with Crippen molar-refractivity contribution in [1.29, 1.82) is 0 Å². The van der Waals surface area contributed by atoms with E-state index < -0.39 is 0 Å². The van der Waals surface area contributed by atoms with Crippen LogP contribution in [0.2, 0.25) is 0 Å². The Balaban J connectivity index is 1.12. The summed E-state index contributed by atoms with van der Waals surface area (Å²) in [4.78, 5) is 15.8. The number of likely N-dealkylation sites (tertiary alicyclic amines) is 1. The maximum Gasteiger partial charge on any atom is 0.255 e. The molecule has 38 heavy (non-hydrogen) atoms. The van der Waals surface area contributed by atoms with Crippen molar-refractivity contribution in [2.75, 3.05) is 19.6 Å². The molecule has 0 aromatic heterocycles. The van der Waals surface area contributed by atoms with Crippen molar-refractivity contribution in [3.05, 3.63) is 82.9 Å². The molecular weight excluding hydrogens is 472 g/mol. The highest BCUT2D eigenvalue weighted by Gasteiger charge is 2.50. The lowest BCUT2D eigenvalue weighted by Crippen LogP contribution is -2.58. The predicted molar refractivity (Wildman–Crippen MR) is 151 cm³/mol. The molecule has 1 saturated carbocycles. The van der Waals surface area contributed by atoms with Crippen molar-refractivity contribution in [2.24, 2.45) is 11.8 Å². The zero-order valence-corrected chi connectivity index (χ0v) is 22.4. The van der Waals surface area contributed by atoms with Crippen molar-refractivity contribution in [1.82, 2.24) is 10.2 Å². The number of fused-ring (bicyclic) bond motifs is 4. The minimum atomic E-state index is -0.212. The zero-order valence-electron chi connectivity index (χ0n) is 22.4. The average Bonchev–Trinajstić information content (AvgIpc) is 3.73. The van der Waals surface area contributed by atoms with Gasteiger partial charge in [0.05, 0.1) is 5.56 Å². The fourth-order valence-corrected chi connectivity index (χ4v) is 6.81. The number of carbonyl (C=O) groups is 1. The summed E-state index contributed by atoms with van der Waals surface area (Å²) >= 11 is 0. The summed E-state index contributed by atoms with van der Waals surface area (Å²) in [5, 5.41) is 23.9. The van der Waals surface area contributed by atoms with E-state index in [9.17, 15) is 15.0 Å². The number of amides is 1. The van der Waals surface area contributed by atoms with Crippen molar-refractivity contribution >= 4 is 5.91 Å². The molecule has 3 aromatic rings. The third-order valence-corrected chi connectivity index (χ3v) is 9.52. The minimum absolute atomic E-state index is 0.113. The third-order valence-electron chi connectivity index (χ3n) is 9.52. The van der Waals surface area contributed by atoms with Crippen LogP contribution in [0.15, 0.2) is 60.7 Å². The lowest BCUT2D eigenvalue weighted by Gasteiger charge is -2.55. The molecule has 1 amide bonds. The summed E-state index contributed by atoms with van der Waals surface area (Å²) in [6.45, 7) is 7.42. The molecule has 2 bridgehead atoms. The minimum Gasteiger partial charge on any atom is -0.508 e. The summed E-state index contributed by atoms with van der Waals surface area (Å²) in [5.41, 5.74) is 5.75. The van der Waals surface area contributed by atoms with E-state index in [1.807, 2.05) is 18.2 Å². The summed E-state index contributed by atoms with van der Waals surface area (Å²) in [5.74, 6) is 1.55. The van der Waals surface area contributed by atoms with Gasteiger partial charge in [-0.25, -0.2) is 0 Å². The number of carbonyl (C=O) groups excluding carboxylic acids is 1. The Morgan fingerprint density at radius 1 is 1.00 bits per heavy atom. The van der Waals surface area contributed by atoms with Gasteiger partial charge < -0.3 is 15.5 Å². The number of hydrogen-bond donors (Lipinski definition) is 3. The van der Waals surface area contributed by atoms with Crippen molar-refractivity contribution in [2.45, 2.75) is 57.4 Å². The molecule has 2 aliphatic carbocycles. The number of piperidine rings is 1. The van der Waals surface area contributed by atoms with Gasteiger partial charge in [0, 0.05) is 30.1 Å². The monoisotopic (exact) mass is 510 g/mol. The Hall–Kier alpha value is -3.31. The average molecular weight is 511 g/mol. The SMILES string of the molecule is CC1C2Cc3ccc(C(=O)NCCc4ccc(-c5ccc(O)cc5)cc4)c(O)c3C1(C)CCN2CC1CC1. The number of benzene rings is 3. The zero-order chi connectivity index (χ0) is 26.4. The molecule has 0 radical (unpaired) electrons. The Bertz CT molecular complexity index is 1330. The van der Waals surface area contributed by atoms with Gasteiger partial charge >= 0.3 is 0 Å². The molecule has 5 nitrogen and oxygen atoms in total. The number of rotatable bonds is 7. The van der Waals surface area contributed by atoms with E-state index in [4.69, 9.17) is 0 Å². The van der Waals surface area contributed by atoms with Crippen LogP contribution >= 0.6 is 0 Å². The summed E-state index contributed by atoms with van der Waals surface area (Å²) in [6, 6.07) is 19.8. The lowest BCUT2D eigenvalue weighted by molar-refractivity contribution is 0.0271. The van der Waals surface area contributed by atoms with E-state index >= 15 is 0 Å². The Morgan fingerprint density at radius 2 is 1.68 bits per heavy atom. The van der Waals surface area contributed by atoms with Gasteiger partial charge in [0.1, 0.15) is 11.5 Å². The van der Waals surface area contributed by atoms with Gasteiger partial charge in [0.2, 0.25) is 0 Å². The summed E-state index contributed by atoms with van der Waals surface area (Å²) in [7, 11) is 0.